The number of nitrogen functional groups attached to an aromatic ring is 1. The van der Waals surface area contributed by atoms with E-state index >= 15 is 0 Å². The SMILES string of the molecule is CC(C)c1cc(-c2ccc(Oc3ccccc3)cc2)cc(C(C)C)c1N. The van der Waals surface area contributed by atoms with Crippen molar-refractivity contribution in [2.75, 3.05) is 5.73 Å². The van der Waals surface area contributed by atoms with Crippen LogP contribution in [0.15, 0.2) is 66.7 Å². The van der Waals surface area contributed by atoms with Gasteiger partial charge in [-0.2, -0.15) is 0 Å². The molecule has 0 saturated carbocycles. The zero-order valence-electron chi connectivity index (χ0n) is 16.0. The van der Waals surface area contributed by atoms with E-state index in [9.17, 15) is 0 Å². The average Bonchev–Trinajstić information content (AvgIpc) is 2.63. The molecule has 0 atom stereocenters. The van der Waals surface area contributed by atoms with Gasteiger partial charge in [0.05, 0.1) is 0 Å². The summed E-state index contributed by atoms with van der Waals surface area (Å²) in [6, 6.07) is 22.5. The second-order valence-electron chi connectivity index (χ2n) is 7.32. The highest BCUT2D eigenvalue weighted by Gasteiger charge is 2.14. The topological polar surface area (TPSA) is 35.2 Å². The van der Waals surface area contributed by atoms with Gasteiger partial charge in [-0.1, -0.05) is 58.0 Å². The summed E-state index contributed by atoms with van der Waals surface area (Å²) in [6.07, 6.45) is 0. The second kappa shape index (κ2) is 7.65. The molecule has 0 bridgehead atoms. The number of nitrogens with two attached hydrogens (primary N) is 1. The first-order chi connectivity index (χ1) is 12.5. The standard InChI is InChI=1S/C24H27NO/c1-16(2)22-14-19(15-23(17(3)4)24(22)25)18-10-12-21(13-11-18)26-20-8-6-5-7-9-20/h5-17H,25H2,1-4H3. The Labute approximate surface area is 156 Å². The van der Waals surface area contributed by atoms with Gasteiger partial charge in [0.2, 0.25) is 0 Å². The lowest BCUT2D eigenvalue weighted by Gasteiger charge is -2.19. The summed E-state index contributed by atoms with van der Waals surface area (Å²) in [6.45, 7) is 8.76. The van der Waals surface area contributed by atoms with Gasteiger partial charge in [0.1, 0.15) is 11.5 Å². The van der Waals surface area contributed by atoms with Crippen molar-refractivity contribution in [2.24, 2.45) is 0 Å². The highest BCUT2D eigenvalue weighted by atomic mass is 16.5. The fourth-order valence-electron chi connectivity index (χ4n) is 3.16. The molecule has 0 fully saturated rings. The molecule has 0 saturated heterocycles. The van der Waals surface area contributed by atoms with Crippen LogP contribution in [0.1, 0.15) is 50.7 Å². The lowest BCUT2D eigenvalue weighted by atomic mass is 9.89. The number of anilines is 1. The van der Waals surface area contributed by atoms with Crippen LogP contribution < -0.4 is 10.5 Å². The van der Waals surface area contributed by atoms with Gasteiger partial charge < -0.3 is 10.5 Å². The van der Waals surface area contributed by atoms with Crippen molar-refractivity contribution in [1.82, 2.24) is 0 Å². The minimum Gasteiger partial charge on any atom is -0.457 e. The van der Waals surface area contributed by atoms with Gasteiger partial charge in [-0.05, 0) is 70.5 Å². The van der Waals surface area contributed by atoms with Gasteiger partial charge in [0.25, 0.3) is 0 Å². The molecular formula is C24H27NO. The molecule has 0 aliphatic carbocycles. The summed E-state index contributed by atoms with van der Waals surface area (Å²) >= 11 is 0. The lowest BCUT2D eigenvalue weighted by Crippen LogP contribution is -2.03. The quantitative estimate of drug-likeness (QED) is 0.506. The number of rotatable bonds is 5. The van der Waals surface area contributed by atoms with Crippen molar-refractivity contribution >= 4 is 5.69 Å². The fraction of sp³-hybridized carbons (Fsp3) is 0.250. The second-order valence-corrected chi connectivity index (χ2v) is 7.32. The van der Waals surface area contributed by atoms with Crippen LogP contribution in [0.4, 0.5) is 5.69 Å². The summed E-state index contributed by atoms with van der Waals surface area (Å²) in [4.78, 5) is 0. The van der Waals surface area contributed by atoms with Crippen LogP contribution in [0.25, 0.3) is 11.1 Å². The molecule has 0 aliphatic rings. The van der Waals surface area contributed by atoms with Gasteiger partial charge in [0, 0.05) is 5.69 Å². The lowest BCUT2D eigenvalue weighted by molar-refractivity contribution is 0.483. The molecule has 0 heterocycles. The molecule has 26 heavy (non-hydrogen) atoms. The van der Waals surface area contributed by atoms with Crippen LogP contribution in [0.2, 0.25) is 0 Å². The Morgan fingerprint density at radius 2 is 1.15 bits per heavy atom. The maximum atomic E-state index is 6.42. The minimum absolute atomic E-state index is 0.396. The summed E-state index contributed by atoms with van der Waals surface area (Å²) in [5.74, 6) is 2.47. The number of para-hydroxylation sites is 1. The van der Waals surface area contributed by atoms with Gasteiger partial charge in [-0.3, -0.25) is 0 Å². The zero-order chi connectivity index (χ0) is 18.7. The summed E-state index contributed by atoms with van der Waals surface area (Å²) < 4.78 is 5.89. The smallest absolute Gasteiger partial charge is 0.127 e. The highest BCUT2D eigenvalue weighted by molar-refractivity contribution is 5.72. The van der Waals surface area contributed by atoms with E-state index in [4.69, 9.17) is 10.5 Å². The van der Waals surface area contributed by atoms with Crippen LogP contribution in [-0.2, 0) is 0 Å². The van der Waals surface area contributed by atoms with Crippen molar-refractivity contribution in [2.45, 2.75) is 39.5 Å². The molecule has 3 rings (SSSR count). The van der Waals surface area contributed by atoms with Crippen LogP contribution in [0, 0.1) is 0 Å². The predicted octanol–water partition coefficient (Wildman–Crippen LogP) is 6.97. The molecule has 2 nitrogen and oxygen atoms in total. The van der Waals surface area contributed by atoms with Crippen molar-refractivity contribution in [1.29, 1.82) is 0 Å². The van der Waals surface area contributed by atoms with Crippen LogP contribution in [-0.4, -0.2) is 0 Å². The first-order valence-electron chi connectivity index (χ1n) is 9.22. The molecule has 0 aliphatic heterocycles. The van der Waals surface area contributed by atoms with E-state index in [1.54, 1.807) is 0 Å². The van der Waals surface area contributed by atoms with E-state index in [1.165, 1.54) is 22.3 Å². The zero-order valence-corrected chi connectivity index (χ0v) is 16.0. The van der Waals surface area contributed by atoms with Gasteiger partial charge in [-0.15, -0.1) is 0 Å². The van der Waals surface area contributed by atoms with Crippen LogP contribution >= 0.6 is 0 Å². The fourth-order valence-corrected chi connectivity index (χ4v) is 3.16. The van der Waals surface area contributed by atoms with Gasteiger partial charge in [0.15, 0.2) is 0 Å². The van der Waals surface area contributed by atoms with E-state index in [1.807, 2.05) is 42.5 Å². The Morgan fingerprint density at radius 1 is 0.654 bits per heavy atom. The first kappa shape index (κ1) is 18.1. The molecule has 2 N–H and O–H groups in total. The van der Waals surface area contributed by atoms with Crippen molar-refractivity contribution in [3.63, 3.8) is 0 Å². The van der Waals surface area contributed by atoms with Crippen molar-refractivity contribution < 1.29 is 4.74 Å². The van der Waals surface area contributed by atoms with E-state index in [-0.39, 0.29) is 0 Å². The minimum atomic E-state index is 0.396. The summed E-state index contributed by atoms with van der Waals surface area (Å²) in [5, 5.41) is 0. The maximum absolute atomic E-state index is 6.42. The summed E-state index contributed by atoms with van der Waals surface area (Å²) in [7, 11) is 0. The third kappa shape index (κ3) is 3.91. The van der Waals surface area contributed by atoms with E-state index < -0.39 is 0 Å². The number of hydrogen-bond acceptors (Lipinski definition) is 2. The van der Waals surface area contributed by atoms with Crippen molar-refractivity contribution in [3.8, 4) is 22.6 Å². The number of ether oxygens (including phenoxy) is 1. The molecular weight excluding hydrogens is 318 g/mol. The molecule has 0 unspecified atom stereocenters. The normalized spacial score (nSPS) is 11.2. The summed E-state index contributed by atoms with van der Waals surface area (Å²) in [5.41, 5.74) is 12.2. The molecule has 2 heteroatoms. The molecule has 0 aromatic heterocycles. The van der Waals surface area contributed by atoms with Crippen LogP contribution in [0.3, 0.4) is 0 Å². The molecule has 134 valence electrons. The molecule has 3 aromatic rings. The maximum Gasteiger partial charge on any atom is 0.127 e. The highest BCUT2D eigenvalue weighted by Crippen LogP contribution is 2.35. The molecule has 0 radical (unpaired) electrons. The van der Waals surface area contributed by atoms with E-state index in [0.29, 0.717) is 11.8 Å². The monoisotopic (exact) mass is 345 g/mol. The largest absolute Gasteiger partial charge is 0.457 e. The van der Waals surface area contributed by atoms with Crippen molar-refractivity contribution in [3.05, 3.63) is 77.9 Å². The Kier molecular flexibility index (Phi) is 5.32. The first-order valence-corrected chi connectivity index (χ1v) is 9.22. The predicted molar refractivity (Wildman–Crippen MR) is 111 cm³/mol. The van der Waals surface area contributed by atoms with Gasteiger partial charge >= 0.3 is 0 Å². The number of hydrogen-bond donors (Lipinski definition) is 1. The molecule has 0 amide bonds. The molecule has 3 aromatic carbocycles. The van der Waals surface area contributed by atoms with E-state index in [2.05, 4.69) is 52.0 Å². The Balaban J connectivity index is 1.93. The van der Waals surface area contributed by atoms with E-state index in [0.717, 1.165) is 17.2 Å². The Bertz CT molecular complexity index is 835. The Morgan fingerprint density at radius 3 is 1.65 bits per heavy atom. The van der Waals surface area contributed by atoms with Crippen LogP contribution in [0.5, 0.6) is 11.5 Å². The molecule has 0 spiro atoms. The third-order valence-corrected chi connectivity index (χ3v) is 4.65. The average molecular weight is 345 g/mol. The van der Waals surface area contributed by atoms with Gasteiger partial charge in [-0.25, -0.2) is 0 Å². The third-order valence-electron chi connectivity index (χ3n) is 4.65. The number of benzene rings is 3. The Hall–Kier alpha value is -2.74.